The molecule has 2 N–H and O–H groups in total. The standard InChI is InChI=1S/C9H10F2N2O/c1-5-8(9(10)11)7(2-12)6(4-14)3-13-5/h3-4,9H,2,12H2,1H3. The van der Waals surface area contributed by atoms with Crippen molar-refractivity contribution in [1.82, 2.24) is 4.98 Å². The third-order valence-electron chi connectivity index (χ3n) is 2.01. The molecule has 1 aromatic rings. The third-order valence-corrected chi connectivity index (χ3v) is 2.01. The molecule has 0 saturated carbocycles. The van der Waals surface area contributed by atoms with Crippen LogP contribution in [0.4, 0.5) is 8.78 Å². The number of aromatic nitrogens is 1. The second-order valence-electron chi connectivity index (χ2n) is 2.81. The van der Waals surface area contributed by atoms with Gasteiger partial charge in [0.1, 0.15) is 0 Å². The maximum Gasteiger partial charge on any atom is 0.265 e. The second kappa shape index (κ2) is 4.23. The molecule has 0 amide bonds. The van der Waals surface area contributed by atoms with Gasteiger partial charge in [-0.3, -0.25) is 9.78 Å². The summed E-state index contributed by atoms with van der Waals surface area (Å²) in [5, 5.41) is 0. The van der Waals surface area contributed by atoms with Crippen molar-refractivity contribution < 1.29 is 13.6 Å². The van der Waals surface area contributed by atoms with Crippen LogP contribution in [0, 0.1) is 6.92 Å². The molecule has 1 aromatic heterocycles. The van der Waals surface area contributed by atoms with Crippen LogP contribution >= 0.6 is 0 Å². The van der Waals surface area contributed by atoms with E-state index in [0.717, 1.165) is 0 Å². The number of hydrogen-bond donors (Lipinski definition) is 1. The van der Waals surface area contributed by atoms with Gasteiger partial charge in [0.15, 0.2) is 6.29 Å². The Morgan fingerprint density at radius 3 is 2.71 bits per heavy atom. The Morgan fingerprint density at radius 2 is 2.29 bits per heavy atom. The van der Waals surface area contributed by atoms with E-state index in [4.69, 9.17) is 5.73 Å². The fourth-order valence-corrected chi connectivity index (χ4v) is 1.31. The van der Waals surface area contributed by atoms with Gasteiger partial charge in [-0.1, -0.05) is 0 Å². The van der Waals surface area contributed by atoms with Gasteiger partial charge in [0.2, 0.25) is 0 Å². The van der Waals surface area contributed by atoms with E-state index in [1.165, 1.54) is 13.1 Å². The Labute approximate surface area is 79.9 Å². The molecule has 0 spiro atoms. The lowest BCUT2D eigenvalue weighted by molar-refractivity contribution is 0.112. The van der Waals surface area contributed by atoms with Crippen LogP contribution in [0.2, 0.25) is 0 Å². The van der Waals surface area contributed by atoms with Crippen LogP contribution in [0.5, 0.6) is 0 Å². The molecule has 0 aromatic carbocycles. The molecule has 0 saturated heterocycles. The number of carbonyl (C=O) groups excluding carboxylic acids is 1. The summed E-state index contributed by atoms with van der Waals surface area (Å²) in [7, 11) is 0. The minimum absolute atomic E-state index is 0.0862. The van der Waals surface area contributed by atoms with E-state index in [9.17, 15) is 13.6 Å². The predicted molar refractivity (Wildman–Crippen MR) is 47.2 cm³/mol. The lowest BCUT2D eigenvalue weighted by Crippen LogP contribution is -2.09. The Kier molecular flexibility index (Phi) is 3.24. The summed E-state index contributed by atoms with van der Waals surface area (Å²) < 4.78 is 25.2. The minimum atomic E-state index is -2.65. The molecule has 76 valence electrons. The zero-order valence-corrected chi connectivity index (χ0v) is 7.63. The molecule has 14 heavy (non-hydrogen) atoms. The van der Waals surface area contributed by atoms with Gasteiger partial charge in [-0.15, -0.1) is 0 Å². The molecule has 0 aliphatic carbocycles. The molecule has 0 aliphatic rings. The third kappa shape index (κ3) is 1.77. The number of aryl methyl sites for hydroxylation is 1. The maximum atomic E-state index is 12.6. The normalized spacial score (nSPS) is 10.6. The quantitative estimate of drug-likeness (QED) is 0.754. The van der Waals surface area contributed by atoms with Gasteiger partial charge in [0.25, 0.3) is 6.43 Å². The minimum Gasteiger partial charge on any atom is -0.326 e. The van der Waals surface area contributed by atoms with Crippen molar-refractivity contribution in [2.24, 2.45) is 5.73 Å². The van der Waals surface area contributed by atoms with Gasteiger partial charge in [-0.05, 0) is 12.5 Å². The number of halogens is 2. The lowest BCUT2D eigenvalue weighted by atomic mass is 10.0. The van der Waals surface area contributed by atoms with Crippen molar-refractivity contribution in [1.29, 1.82) is 0 Å². The number of hydrogen-bond acceptors (Lipinski definition) is 3. The van der Waals surface area contributed by atoms with Crippen LogP contribution in [0.1, 0.15) is 33.6 Å². The van der Waals surface area contributed by atoms with Crippen LogP contribution < -0.4 is 5.73 Å². The molecule has 0 unspecified atom stereocenters. The van der Waals surface area contributed by atoms with Crippen LogP contribution in [0.15, 0.2) is 6.20 Å². The molecular formula is C9H10F2N2O. The number of alkyl halides is 2. The topological polar surface area (TPSA) is 56.0 Å². The Morgan fingerprint density at radius 1 is 1.64 bits per heavy atom. The zero-order chi connectivity index (χ0) is 10.7. The van der Waals surface area contributed by atoms with Crippen LogP contribution in [-0.2, 0) is 6.54 Å². The van der Waals surface area contributed by atoms with Crippen molar-refractivity contribution in [3.05, 3.63) is 28.6 Å². The summed E-state index contributed by atoms with van der Waals surface area (Å²) in [6.07, 6.45) is -0.905. The lowest BCUT2D eigenvalue weighted by Gasteiger charge is -2.11. The molecule has 1 rings (SSSR count). The highest BCUT2D eigenvalue weighted by Crippen LogP contribution is 2.26. The van der Waals surface area contributed by atoms with E-state index in [1.54, 1.807) is 0 Å². The van der Waals surface area contributed by atoms with E-state index < -0.39 is 6.43 Å². The average molecular weight is 200 g/mol. The Bertz CT molecular complexity index is 353. The van der Waals surface area contributed by atoms with Crippen molar-refractivity contribution >= 4 is 6.29 Å². The molecule has 0 fully saturated rings. The van der Waals surface area contributed by atoms with Gasteiger partial charge in [0, 0.05) is 29.6 Å². The molecule has 0 radical (unpaired) electrons. The molecular weight excluding hydrogens is 190 g/mol. The summed E-state index contributed by atoms with van der Waals surface area (Å²) in [6.45, 7) is 1.38. The highest BCUT2D eigenvalue weighted by atomic mass is 19.3. The van der Waals surface area contributed by atoms with E-state index in [0.29, 0.717) is 6.29 Å². The molecule has 1 heterocycles. The highest BCUT2D eigenvalue weighted by molar-refractivity contribution is 5.77. The Balaban J connectivity index is 3.42. The molecule has 3 nitrogen and oxygen atoms in total. The molecule has 0 bridgehead atoms. The van der Waals surface area contributed by atoms with Gasteiger partial charge in [0.05, 0.1) is 0 Å². The Hall–Kier alpha value is -1.36. The molecule has 0 aliphatic heterocycles. The van der Waals surface area contributed by atoms with Crippen LogP contribution in [0.3, 0.4) is 0 Å². The largest absolute Gasteiger partial charge is 0.326 e. The van der Waals surface area contributed by atoms with Crippen LogP contribution in [-0.4, -0.2) is 11.3 Å². The van der Waals surface area contributed by atoms with Crippen molar-refractivity contribution in [2.75, 3.05) is 0 Å². The monoisotopic (exact) mass is 200 g/mol. The number of rotatable bonds is 3. The smallest absolute Gasteiger partial charge is 0.265 e. The van der Waals surface area contributed by atoms with E-state index in [1.807, 2.05) is 0 Å². The highest BCUT2D eigenvalue weighted by Gasteiger charge is 2.18. The van der Waals surface area contributed by atoms with E-state index in [-0.39, 0.29) is 28.9 Å². The van der Waals surface area contributed by atoms with Crippen molar-refractivity contribution in [2.45, 2.75) is 19.9 Å². The summed E-state index contributed by atoms with van der Waals surface area (Å²) in [6, 6.07) is 0. The first kappa shape index (κ1) is 10.7. The summed E-state index contributed by atoms with van der Waals surface area (Å²) in [5.74, 6) is 0. The molecule has 5 heteroatoms. The van der Waals surface area contributed by atoms with Crippen LogP contribution in [0.25, 0.3) is 0 Å². The second-order valence-corrected chi connectivity index (χ2v) is 2.81. The first-order valence-electron chi connectivity index (χ1n) is 4.03. The molecule has 0 atom stereocenters. The summed E-state index contributed by atoms with van der Waals surface area (Å²) in [4.78, 5) is 14.2. The number of nitrogens with two attached hydrogens (primary N) is 1. The van der Waals surface area contributed by atoms with Gasteiger partial charge < -0.3 is 5.73 Å². The predicted octanol–water partition coefficient (Wildman–Crippen LogP) is 1.60. The average Bonchev–Trinajstić information content (AvgIpc) is 2.16. The number of carbonyl (C=O) groups is 1. The van der Waals surface area contributed by atoms with E-state index >= 15 is 0 Å². The number of nitrogens with zero attached hydrogens (tertiary/aromatic N) is 1. The fraction of sp³-hybridized carbons (Fsp3) is 0.333. The number of aldehydes is 1. The maximum absolute atomic E-state index is 12.6. The summed E-state index contributed by atoms with van der Waals surface area (Å²) in [5.41, 5.74) is 5.62. The number of pyridine rings is 1. The first-order chi connectivity index (χ1) is 6.61. The van der Waals surface area contributed by atoms with Gasteiger partial charge in [-0.2, -0.15) is 0 Å². The SMILES string of the molecule is Cc1ncc(C=O)c(CN)c1C(F)F. The van der Waals surface area contributed by atoms with E-state index in [2.05, 4.69) is 4.98 Å². The van der Waals surface area contributed by atoms with Gasteiger partial charge in [-0.25, -0.2) is 8.78 Å². The van der Waals surface area contributed by atoms with Crippen molar-refractivity contribution in [3.63, 3.8) is 0 Å². The summed E-state index contributed by atoms with van der Waals surface area (Å²) >= 11 is 0. The first-order valence-corrected chi connectivity index (χ1v) is 4.03. The van der Waals surface area contributed by atoms with Gasteiger partial charge >= 0.3 is 0 Å². The van der Waals surface area contributed by atoms with Crippen molar-refractivity contribution in [3.8, 4) is 0 Å². The fourth-order valence-electron chi connectivity index (χ4n) is 1.31. The zero-order valence-electron chi connectivity index (χ0n) is 7.63.